The molecule has 0 amide bonds. The van der Waals surface area contributed by atoms with Crippen LogP contribution in [0, 0.1) is 0 Å². The zero-order valence-corrected chi connectivity index (χ0v) is 13.2. The zero-order valence-electron chi connectivity index (χ0n) is 11.6. The molecule has 3 aromatic carbocycles. The molecule has 0 radical (unpaired) electrons. The highest BCUT2D eigenvalue weighted by Crippen LogP contribution is 2.28. The second-order valence-electron chi connectivity index (χ2n) is 4.66. The van der Waals surface area contributed by atoms with Crippen LogP contribution in [0.3, 0.4) is 0 Å². The van der Waals surface area contributed by atoms with E-state index >= 15 is 0 Å². The van der Waals surface area contributed by atoms with Crippen LogP contribution in [0.1, 0.15) is 5.56 Å². The quantitative estimate of drug-likeness (QED) is 0.520. The largest absolute Gasteiger partial charge is 0.121 e. The highest BCUT2D eigenvalue weighted by atomic mass is 32.2. The molecule has 0 fully saturated rings. The third kappa shape index (κ3) is 4.42. The second-order valence-corrected chi connectivity index (χ2v) is 6.86. The van der Waals surface area contributed by atoms with Gasteiger partial charge in [-0.15, -0.1) is 11.8 Å². The first kappa shape index (κ1) is 14.3. The summed E-state index contributed by atoms with van der Waals surface area (Å²) in [6, 6.07) is 29.9. The fourth-order valence-electron chi connectivity index (χ4n) is 1.96. The van der Waals surface area contributed by atoms with Gasteiger partial charge in [-0.2, -0.15) is 0 Å². The number of thioether (sulfide) groups is 1. The average Bonchev–Trinajstić information content (AvgIpc) is 2.56. The molecule has 0 aliphatic rings. The van der Waals surface area contributed by atoms with E-state index in [0.29, 0.717) is 0 Å². The van der Waals surface area contributed by atoms with Crippen molar-refractivity contribution in [1.82, 2.24) is 0 Å². The van der Waals surface area contributed by atoms with Gasteiger partial charge in [0.1, 0.15) is 0 Å². The summed E-state index contributed by atoms with van der Waals surface area (Å²) in [6.07, 6.45) is 0. The fourth-order valence-corrected chi connectivity index (χ4v) is 3.67. The van der Waals surface area contributed by atoms with Crippen molar-refractivity contribution in [3.8, 4) is 0 Å². The summed E-state index contributed by atoms with van der Waals surface area (Å²) in [4.78, 5) is 3.89. The Bertz CT molecular complexity index is 661. The highest BCUT2D eigenvalue weighted by molar-refractivity contribution is 7.99. The minimum atomic E-state index is 1.01. The Balaban J connectivity index is 1.59. The van der Waals surface area contributed by atoms with Gasteiger partial charge in [-0.05, 0) is 42.0 Å². The summed E-state index contributed by atoms with van der Waals surface area (Å²) in [5.74, 6) is 1.01. The molecule has 0 spiro atoms. The van der Waals surface area contributed by atoms with Gasteiger partial charge in [0.05, 0.1) is 0 Å². The van der Waals surface area contributed by atoms with Crippen molar-refractivity contribution in [3.05, 3.63) is 90.5 Å². The lowest BCUT2D eigenvalue weighted by Crippen LogP contribution is -1.81. The van der Waals surface area contributed by atoms with Crippen LogP contribution < -0.4 is 0 Å². The van der Waals surface area contributed by atoms with Gasteiger partial charge in [0.15, 0.2) is 0 Å². The third-order valence-electron chi connectivity index (χ3n) is 3.05. The second kappa shape index (κ2) is 7.39. The van der Waals surface area contributed by atoms with E-state index in [2.05, 4.69) is 78.9 Å². The first-order valence-electron chi connectivity index (χ1n) is 6.90. The van der Waals surface area contributed by atoms with Gasteiger partial charge >= 0.3 is 0 Å². The maximum absolute atomic E-state index is 2.22. The normalized spacial score (nSPS) is 10.5. The molecule has 0 saturated carbocycles. The van der Waals surface area contributed by atoms with Crippen LogP contribution in [0.15, 0.2) is 99.6 Å². The monoisotopic (exact) mass is 308 g/mol. The molecule has 0 unspecified atom stereocenters. The molecule has 21 heavy (non-hydrogen) atoms. The Kier molecular flexibility index (Phi) is 5.03. The van der Waals surface area contributed by atoms with Crippen molar-refractivity contribution in [2.75, 3.05) is 0 Å². The Morgan fingerprint density at radius 1 is 0.524 bits per heavy atom. The lowest BCUT2D eigenvalue weighted by molar-refractivity contribution is 1.33. The van der Waals surface area contributed by atoms with Gasteiger partial charge in [-0.25, -0.2) is 0 Å². The van der Waals surface area contributed by atoms with Crippen LogP contribution in [0.25, 0.3) is 0 Å². The topological polar surface area (TPSA) is 0 Å². The van der Waals surface area contributed by atoms with E-state index < -0.39 is 0 Å². The SMILES string of the molecule is c1ccc(SCc2ccc(Sc3ccccc3)cc2)cc1. The molecular formula is C19H16S2. The minimum absolute atomic E-state index is 1.01. The summed E-state index contributed by atoms with van der Waals surface area (Å²) in [7, 11) is 0. The van der Waals surface area contributed by atoms with Crippen molar-refractivity contribution >= 4 is 23.5 Å². The molecule has 0 bridgehead atoms. The lowest BCUT2D eigenvalue weighted by Gasteiger charge is -2.04. The van der Waals surface area contributed by atoms with Gasteiger partial charge in [0.2, 0.25) is 0 Å². The van der Waals surface area contributed by atoms with Crippen LogP contribution >= 0.6 is 23.5 Å². The predicted octanol–water partition coefficient (Wildman–Crippen LogP) is 6.13. The van der Waals surface area contributed by atoms with Crippen molar-refractivity contribution < 1.29 is 0 Å². The third-order valence-corrected chi connectivity index (χ3v) is 5.15. The van der Waals surface area contributed by atoms with Crippen LogP contribution in [-0.2, 0) is 5.75 Å². The summed E-state index contributed by atoms with van der Waals surface area (Å²) < 4.78 is 0. The molecule has 0 nitrogen and oxygen atoms in total. The van der Waals surface area contributed by atoms with Gasteiger partial charge in [-0.3, -0.25) is 0 Å². The minimum Gasteiger partial charge on any atom is -0.121 e. The van der Waals surface area contributed by atoms with E-state index in [-0.39, 0.29) is 0 Å². The Morgan fingerprint density at radius 2 is 1.05 bits per heavy atom. The average molecular weight is 308 g/mol. The van der Waals surface area contributed by atoms with Gasteiger partial charge in [-0.1, -0.05) is 60.3 Å². The molecule has 0 atom stereocenters. The number of benzene rings is 3. The zero-order chi connectivity index (χ0) is 14.3. The standard InChI is InChI=1S/C19H16S2/c1-3-7-17(8-4-1)20-15-16-11-13-19(14-12-16)21-18-9-5-2-6-10-18/h1-14H,15H2. The smallest absolute Gasteiger partial charge is 0.0232 e. The molecule has 0 N–H and O–H groups in total. The van der Waals surface area contributed by atoms with E-state index in [1.807, 2.05) is 17.8 Å². The molecule has 2 heteroatoms. The lowest BCUT2D eigenvalue weighted by atomic mass is 10.2. The van der Waals surface area contributed by atoms with E-state index in [0.717, 1.165) is 5.75 Å². The van der Waals surface area contributed by atoms with Crippen molar-refractivity contribution in [3.63, 3.8) is 0 Å². The number of hydrogen-bond donors (Lipinski definition) is 0. The van der Waals surface area contributed by atoms with Crippen LogP contribution in [-0.4, -0.2) is 0 Å². The molecule has 0 aliphatic carbocycles. The molecule has 3 rings (SSSR count). The summed E-state index contributed by atoms with van der Waals surface area (Å²) in [5, 5.41) is 0. The Hall–Kier alpha value is -1.64. The van der Waals surface area contributed by atoms with Gasteiger partial charge in [0, 0.05) is 20.4 Å². The maximum atomic E-state index is 2.22. The van der Waals surface area contributed by atoms with E-state index in [9.17, 15) is 0 Å². The van der Waals surface area contributed by atoms with E-state index in [1.165, 1.54) is 20.2 Å². The van der Waals surface area contributed by atoms with E-state index in [4.69, 9.17) is 0 Å². The molecule has 0 saturated heterocycles. The first-order valence-corrected chi connectivity index (χ1v) is 8.70. The number of hydrogen-bond acceptors (Lipinski definition) is 2. The van der Waals surface area contributed by atoms with Crippen molar-refractivity contribution in [1.29, 1.82) is 0 Å². The Labute approximate surface area is 134 Å². The van der Waals surface area contributed by atoms with Crippen LogP contribution in [0.5, 0.6) is 0 Å². The van der Waals surface area contributed by atoms with Crippen LogP contribution in [0.2, 0.25) is 0 Å². The Morgan fingerprint density at radius 3 is 1.67 bits per heavy atom. The molecule has 3 aromatic rings. The summed E-state index contributed by atoms with van der Waals surface area (Å²) in [6.45, 7) is 0. The molecular weight excluding hydrogens is 292 g/mol. The van der Waals surface area contributed by atoms with Gasteiger partial charge < -0.3 is 0 Å². The van der Waals surface area contributed by atoms with E-state index in [1.54, 1.807) is 11.8 Å². The molecule has 104 valence electrons. The number of rotatable bonds is 5. The van der Waals surface area contributed by atoms with Crippen LogP contribution in [0.4, 0.5) is 0 Å². The summed E-state index contributed by atoms with van der Waals surface area (Å²) in [5.41, 5.74) is 1.36. The van der Waals surface area contributed by atoms with Crippen molar-refractivity contribution in [2.45, 2.75) is 20.4 Å². The summed E-state index contributed by atoms with van der Waals surface area (Å²) >= 11 is 3.68. The molecule has 0 heterocycles. The first-order chi connectivity index (χ1) is 10.4. The highest BCUT2D eigenvalue weighted by Gasteiger charge is 1.99. The fraction of sp³-hybridized carbons (Fsp3) is 0.0526. The maximum Gasteiger partial charge on any atom is 0.0232 e. The predicted molar refractivity (Wildman–Crippen MR) is 93.0 cm³/mol. The molecule has 0 aliphatic heterocycles. The van der Waals surface area contributed by atoms with Gasteiger partial charge in [0.25, 0.3) is 0 Å². The van der Waals surface area contributed by atoms with Crippen molar-refractivity contribution in [2.24, 2.45) is 0 Å². The molecule has 0 aromatic heterocycles.